The molecule has 1 N–H and O–H groups in total. The molecule has 0 aliphatic rings. The van der Waals surface area contributed by atoms with Crippen LogP contribution in [0.4, 0.5) is 0 Å². The molecular formula is C15H12N2O4. The average Bonchev–Trinajstić information content (AvgIpc) is 2.46. The number of methoxy groups -OCH3 is 1. The molecule has 0 saturated carbocycles. The van der Waals surface area contributed by atoms with Crippen LogP contribution >= 0.6 is 0 Å². The highest BCUT2D eigenvalue weighted by atomic mass is 16.5. The number of carbonyl (C=O) groups is 1. The van der Waals surface area contributed by atoms with Crippen molar-refractivity contribution in [3.63, 3.8) is 0 Å². The topological polar surface area (TPSA) is 92.4 Å². The van der Waals surface area contributed by atoms with Crippen molar-refractivity contribution >= 4 is 5.97 Å². The van der Waals surface area contributed by atoms with Crippen LogP contribution in [0.15, 0.2) is 30.3 Å². The highest BCUT2D eigenvalue weighted by Gasteiger charge is 2.14. The molecule has 0 spiro atoms. The van der Waals surface area contributed by atoms with Crippen LogP contribution < -0.4 is 9.47 Å². The van der Waals surface area contributed by atoms with Crippen molar-refractivity contribution in [1.82, 2.24) is 4.98 Å². The number of nitrogens with zero attached hydrogens (tertiary/aromatic N) is 2. The molecule has 2 aromatic rings. The van der Waals surface area contributed by atoms with Crippen molar-refractivity contribution in [2.24, 2.45) is 0 Å². The summed E-state index contributed by atoms with van der Waals surface area (Å²) >= 11 is 0. The molecule has 1 aromatic heterocycles. The first kappa shape index (κ1) is 14.3. The minimum absolute atomic E-state index is 0.0452. The summed E-state index contributed by atoms with van der Waals surface area (Å²) in [5, 5.41) is 18.1. The summed E-state index contributed by atoms with van der Waals surface area (Å²) in [5.74, 6) is -0.434. The molecule has 0 aliphatic heterocycles. The molecule has 1 aromatic carbocycles. The lowest BCUT2D eigenvalue weighted by Crippen LogP contribution is -2.02. The number of carboxylic acid groups (broad SMARTS) is 1. The Hall–Kier alpha value is -3.07. The Balaban J connectivity index is 2.42. The van der Waals surface area contributed by atoms with Crippen LogP contribution in [0.5, 0.6) is 17.4 Å². The fraction of sp³-hybridized carbons (Fsp3) is 0.133. The molecule has 0 saturated heterocycles. The number of ether oxygens (including phenoxy) is 2. The van der Waals surface area contributed by atoms with Crippen molar-refractivity contribution in [1.29, 1.82) is 5.26 Å². The van der Waals surface area contributed by atoms with Crippen molar-refractivity contribution in [3.05, 3.63) is 47.2 Å². The van der Waals surface area contributed by atoms with Crippen LogP contribution in [0.25, 0.3) is 0 Å². The third-order valence-electron chi connectivity index (χ3n) is 2.69. The number of carboxylic acids is 1. The van der Waals surface area contributed by atoms with Crippen LogP contribution in [0, 0.1) is 18.3 Å². The number of benzene rings is 1. The number of hydrogen-bond acceptors (Lipinski definition) is 5. The van der Waals surface area contributed by atoms with Gasteiger partial charge in [-0.15, -0.1) is 0 Å². The molecular weight excluding hydrogens is 272 g/mol. The zero-order valence-electron chi connectivity index (χ0n) is 11.5. The Morgan fingerprint density at radius 2 is 2.10 bits per heavy atom. The Kier molecular flexibility index (Phi) is 4.05. The number of aromatic nitrogens is 1. The molecule has 1 heterocycles. The molecule has 0 atom stereocenters. The monoisotopic (exact) mass is 284 g/mol. The van der Waals surface area contributed by atoms with E-state index >= 15 is 0 Å². The Morgan fingerprint density at radius 3 is 2.71 bits per heavy atom. The van der Waals surface area contributed by atoms with E-state index in [9.17, 15) is 9.90 Å². The maximum atomic E-state index is 11.3. The quantitative estimate of drug-likeness (QED) is 0.928. The SMILES string of the molecule is COc1ccc(Oc2cc(C#N)cc(C)n2)c(C(=O)O)c1. The van der Waals surface area contributed by atoms with E-state index in [2.05, 4.69) is 4.98 Å². The molecule has 0 amide bonds. The Labute approximate surface area is 121 Å². The molecule has 21 heavy (non-hydrogen) atoms. The number of pyridine rings is 1. The van der Waals surface area contributed by atoms with Crippen LogP contribution in [-0.2, 0) is 0 Å². The number of aromatic carboxylic acids is 1. The van der Waals surface area contributed by atoms with Gasteiger partial charge in [0.15, 0.2) is 0 Å². The second-order valence-electron chi connectivity index (χ2n) is 4.22. The maximum absolute atomic E-state index is 11.3. The van der Waals surface area contributed by atoms with Gasteiger partial charge in [0, 0.05) is 11.8 Å². The lowest BCUT2D eigenvalue weighted by atomic mass is 10.2. The number of nitriles is 1. The van der Waals surface area contributed by atoms with Gasteiger partial charge in [-0.3, -0.25) is 0 Å². The van der Waals surface area contributed by atoms with Crippen LogP contribution in [0.1, 0.15) is 21.6 Å². The fourth-order valence-electron chi connectivity index (χ4n) is 1.76. The van der Waals surface area contributed by atoms with Crippen molar-refractivity contribution in [2.45, 2.75) is 6.92 Å². The van der Waals surface area contributed by atoms with Gasteiger partial charge in [0.05, 0.1) is 18.7 Å². The van der Waals surface area contributed by atoms with Gasteiger partial charge in [0.1, 0.15) is 17.1 Å². The second-order valence-corrected chi connectivity index (χ2v) is 4.22. The first-order valence-electron chi connectivity index (χ1n) is 6.01. The molecule has 6 heteroatoms. The van der Waals surface area contributed by atoms with Gasteiger partial charge < -0.3 is 14.6 Å². The third kappa shape index (κ3) is 3.28. The van der Waals surface area contributed by atoms with Gasteiger partial charge >= 0.3 is 5.97 Å². The Morgan fingerprint density at radius 1 is 1.33 bits per heavy atom. The minimum atomic E-state index is -1.14. The van der Waals surface area contributed by atoms with E-state index in [-0.39, 0.29) is 17.2 Å². The average molecular weight is 284 g/mol. The van der Waals surface area contributed by atoms with E-state index < -0.39 is 5.97 Å². The highest BCUT2D eigenvalue weighted by Crippen LogP contribution is 2.28. The number of rotatable bonds is 4. The van der Waals surface area contributed by atoms with Crippen LogP contribution in [-0.4, -0.2) is 23.2 Å². The van der Waals surface area contributed by atoms with Crippen LogP contribution in [0.3, 0.4) is 0 Å². The summed E-state index contributed by atoms with van der Waals surface area (Å²) in [4.78, 5) is 15.4. The van der Waals surface area contributed by atoms with E-state index in [4.69, 9.17) is 14.7 Å². The summed E-state index contributed by atoms with van der Waals surface area (Å²) in [7, 11) is 1.45. The smallest absolute Gasteiger partial charge is 0.339 e. The van der Waals surface area contributed by atoms with Gasteiger partial charge in [-0.05, 0) is 31.2 Å². The van der Waals surface area contributed by atoms with E-state index in [1.54, 1.807) is 19.1 Å². The lowest BCUT2D eigenvalue weighted by molar-refractivity contribution is 0.0693. The van der Waals surface area contributed by atoms with Crippen molar-refractivity contribution < 1.29 is 19.4 Å². The van der Waals surface area contributed by atoms with Gasteiger partial charge in [-0.25, -0.2) is 9.78 Å². The highest BCUT2D eigenvalue weighted by molar-refractivity contribution is 5.91. The normalized spacial score (nSPS) is 9.76. The first-order valence-corrected chi connectivity index (χ1v) is 6.01. The summed E-state index contributed by atoms with van der Waals surface area (Å²) in [6.45, 7) is 1.72. The molecule has 0 bridgehead atoms. The predicted octanol–water partition coefficient (Wildman–Crippen LogP) is 2.76. The zero-order chi connectivity index (χ0) is 15.4. The predicted molar refractivity (Wildman–Crippen MR) is 73.7 cm³/mol. The number of aryl methyl sites for hydroxylation is 1. The molecule has 6 nitrogen and oxygen atoms in total. The fourth-order valence-corrected chi connectivity index (χ4v) is 1.76. The summed E-state index contributed by atoms with van der Waals surface area (Å²) < 4.78 is 10.5. The molecule has 0 unspecified atom stereocenters. The van der Waals surface area contributed by atoms with Crippen molar-refractivity contribution in [3.8, 4) is 23.4 Å². The Bertz CT molecular complexity index is 735. The summed E-state index contributed by atoms with van der Waals surface area (Å²) in [5.41, 5.74) is 0.952. The molecule has 0 fully saturated rings. The second kappa shape index (κ2) is 5.92. The standard InChI is InChI=1S/C15H12N2O4/c1-9-5-10(8-16)6-14(17-9)21-13-4-3-11(20-2)7-12(13)15(18)19/h3-7H,1-2H3,(H,18,19). The van der Waals surface area contributed by atoms with E-state index in [0.717, 1.165) is 0 Å². The molecule has 106 valence electrons. The number of hydrogen-bond donors (Lipinski definition) is 1. The van der Waals surface area contributed by atoms with Gasteiger partial charge in [-0.1, -0.05) is 0 Å². The maximum Gasteiger partial charge on any atom is 0.339 e. The molecule has 0 radical (unpaired) electrons. The minimum Gasteiger partial charge on any atom is -0.497 e. The first-order chi connectivity index (χ1) is 10.0. The van der Waals surface area contributed by atoms with Gasteiger partial charge in [0.2, 0.25) is 5.88 Å². The lowest BCUT2D eigenvalue weighted by Gasteiger charge is -2.10. The van der Waals surface area contributed by atoms with Gasteiger partial charge in [-0.2, -0.15) is 5.26 Å². The molecule has 2 rings (SSSR count). The van der Waals surface area contributed by atoms with Gasteiger partial charge in [0.25, 0.3) is 0 Å². The summed E-state index contributed by atoms with van der Waals surface area (Å²) in [6.07, 6.45) is 0. The largest absolute Gasteiger partial charge is 0.497 e. The van der Waals surface area contributed by atoms with E-state index in [1.807, 2.05) is 6.07 Å². The van der Waals surface area contributed by atoms with Crippen molar-refractivity contribution in [2.75, 3.05) is 7.11 Å². The van der Waals surface area contributed by atoms with E-state index in [1.165, 1.54) is 25.3 Å². The molecule has 0 aliphatic carbocycles. The zero-order valence-corrected chi connectivity index (χ0v) is 11.5. The third-order valence-corrected chi connectivity index (χ3v) is 2.69. The summed E-state index contributed by atoms with van der Waals surface area (Å²) in [6, 6.07) is 9.48. The van der Waals surface area contributed by atoms with Crippen LogP contribution in [0.2, 0.25) is 0 Å². The van der Waals surface area contributed by atoms with E-state index in [0.29, 0.717) is 17.0 Å².